The number of carbonyl (C=O) groups is 2. The van der Waals surface area contributed by atoms with Gasteiger partial charge in [-0.1, -0.05) is 19.1 Å². The van der Waals surface area contributed by atoms with Crippen LogP contribution in [0, 0.1) is 11.8 Å². The first kappa shape index (κ1) is 21.2. The maximum atomic E-state index is 13.5. The molecule has 0 bridgehead atoms. The average molecular weight is 423 g/mol. The van der Waals surface area contributed by atoms with Gasteiger partial charge in [0.1, 0.15) is 11.5 Å². The molecule has 0 aliphatic carbocycles. The van der Waals surface area contributed by atoms with Crippen LogP contribution in [0.4, 0.5) is 5.69 Å². The van der Waals surface area contributed by atoms with Crippen molar-refractivity contribution in [3.8, 4) is 11.5 Å². The second-order valence-electron chi connectivity index (χ2n) is 8.50. The lowest BCUT2D eigenvalue weighted by Crippen LogP contribution is -2.43. The summed E-state index contributed by atoms with van der Waals surface area (Å²) < 4.78 is 10.6. The Bertz CT molecular complexity index is 918. The van der Waals surface area contributed by atoms with Crippen LogP contribution >= 0.6 is 0 Å². The SMILES string of the molecule is COc1ccc([C@H]2[C@@H](C(=O)N3CCC(C)CC3)CC(=O)N2c2ccc(OC)cc2)cc1. The minimum atomic E-state index is -0.406. The summed E-state index contributed by atoms with van der Waals surface area (Å²) in [6.07, 6.45) is 2.25. The first-order valence-corrected chi connectivity index (χ1v) is 10.9. The molecule has 31 heavy (non-hydrogen) atoms. The highest BCUT2D eigenvalue weighted by Gasteiger charge is 2.46. The molecular weight excluding hydrogens is 392 g/mol. The number of rotatable bonds is 5. The van der Waals surface area contributed by atoms with Gasteiger partial charge in [0.05, 0.1) is 26.2 Å². The Labute approximate surface area is 183 Å². The van der Waals surface area contributed by atoms with Crippen molar-refractivity contribution in [1.29, 1.82) is 0 Å². The van der Waals surface area contributed by atoms with Crippen molar-refractivity contribution in [3.63, 3.8) is 0 Å². The monoisotopic (exact) mass is 422 g/mol. The largest absolute Gasteiger partial charge is 0.497 e. The van der Waals surface area contributed by atoms with Crippen LogP contribution in [0.5, 0.6) is 11.5 Å². The standard InChI is InChI=1S/C25H30N2O4/c1-17-12-14-26(15-13-17)25(29)22-16-23(28)27(19-6-10-21(31-3)11-7-19)24(22)18-4-8-20(30-2)9-5-18/h4-11,17,22,24H,12-16H2,1-3H3/t22-,24-/m0/s1. The van der Waals surface area contributed by atoms with E-state index in [2.05, 4.69) is 6.92 Å². The van der Waals surface area contributed by atoms with Crippen molar-refractivity contribution >= 4 is 17.5 Å². The number of piperidine rings is 1. The number of benzene rings is 2. The second-order valence-corrected chi connectivity index (χ2v) is 8.50. The highest BCUT2D eigenvalue weighted by atomic mass is 16.5. The number of methoxy groups -OCH3 is 2. The zero-order valence-corrected chi connectivity index (χ0v) is 18.4. The minimum absolute atomic E-state index is 0.0327. The third-order valence-corrected chi connectivity index (χ3v) is 6.54. The number of hydrogen-bond donors (Lipinski definition) is 0. The molecule has 0 spiro atoms. The van der Waals surface area contributed by atoms with E-state index in [1.54, 1.807) is 19.1 Å². The molecule has 2 amide bonds. The highest BCUT2D eigenvalue weighted by molar-refractivity contribution is 6.01. The van der Waals surface area contributed by atoms with Gasteiger partial charge >= 0.3 is 0 Å². The van der Waals surface area contributed by atoms with Crippen molar-refractivity contribution in [2.24, 2.45) is 11.8 Å². The first-order chi connectivity index (χ1) is 15.0. The van der Waals surface area contributed by atoms with Crippen LogP contribution in [0.3, 0.4) is 0 Å². The van der Waals surface area contributed by atoms with Gasteiger partial charge in [0.25, 0.3) is 0 Å². The van der Waals surface area contributed by atoms with E-state index < -0.39 is 5.92 Å². The topological polar surface area (TPSA) is 59.1 Å². The number of ether oxygens (including phenoxy) is 2. The molecule has 0 aromatic heterocycles. The molecule has 2 heterocycles. The molecule has 164 valence electrons. The highest BCUT2D eigenvalue weighted by Crippen LogP contribution is 2.43. The van der Waals surface area contributed by atoms with Crippen molar-refractivity contribution < 1.29 is 19.1 Å². The lowest BCUT2D eigenvalue weighted by molar-refractivity contribution is -0.137. The summed E-state index contributed by atoms with van der Waals surface area (Å²) in [6.45, 7) is 3.76. The minimum Gasteiger partial charge on any atom is -0.497 e. The van der Waals surface area contributed by atoms with Gasteiger partial charge in [0.15, 0.2) is 0 Å². The van der Waals surface area contributed by atoms with Crippen LogP contribution in [0.1, 0.15) is 37.8 Å². The average Bonchev–Trinajstić information content (AvgIpc) is 3.16. The molecule has 6 heteroatoms. The van der Waals surface area contributed by atoms with Gasteiger partial charge in [0.2, 0.25) is 11.8 Å². The Balaban J connectivity index is 1.69. The Morgan fingerprint density at radius 1 is 0.903 bits per heavy atom. The number of amides is 2. The molecule has 2 aromatic carbocycles. The van der Waals surface area contributed by atoms with Crippen molar-refractivity contribution in [2.45, 2.75) is 32.2 Å². The third kappa shape index (κ3) is 4.24. The summed E-state index contributed by atoms with van der Waals surface area (Å²) in [6, 6.07) is 14.8. The molecular formula is C25H30N2O4. The fourth-order valence-corrected chi connectivity index (χ4v) is 4.65. The predicted octanol–water partition coefficient (Wildman–Crippen LogP) is 4.06. The van der Waals surface area contributed by atoms with Gasteiger partial charge in [0, 0.05) is 25.2 Å². The van der Waals surface area contributed by atoms with Crippen LogP contribution in [-0.2, 0) is 9.59 Å². The molecule has 0 unspecified atom stereocenters. The Kier molecular flexibility index (Phi) is 6.16. The zero-order valence-electron chi connectivity index (χ0n) is 18.4. The van der Waals surface area contributed by atoms with Gasteiger partial charge in [-0.3, -0.25) is 9.59 Å². The van der Waals surface area contributed by atoms with Crippen molar-refractivity contribution in [3.05, 3.63) is 54.1 Å². The molecule has 2 atom stereocenters. The molecule has 2 aliphatic rings. The van der Waals surface area contributed by atoms with Crippen molar-refractivity contribution in [2.75, 3.05) is 32.2 Å². The summed E-state index contributed by atoms with van der Waals surface area (Å²) in [5.41, 5.74) is 1.71. The normalized spacial score (nSPS) is 22.0. The molecule has 2 aromatic rings. The first-order valence-electron chi connectivity index (χ1n) is 10.9. The summed E-state index contributed by atoms with van der Waals surface area (Å²) >= 11 is 0. The molecule has 2 saturated heterocycles. The number of anilines is 1. The Morgan fingerprint density at radius 2 is 1.45 bits per heavy atom. The number of carbonyl (C=O) groups excluding carboxylic acids is 2. The molecule has 0 saturated carbocycles. The van der Waals surface area contributed by atoms with Crippen molar-refractivity contribution in [1.82, 2.24) is 4.90 Å². The maximum Gasteiger partial charge on any atom is 0.228 e. The fraction of sp³-hybridized carbons (Fsp3) is 0.440. The number of nitrogens with zero attached hydrogens (tertiary/aromatic N) is 2. The van der Waals surface area contributed by atoms with E-state index in [0.29, 0.717) is 5.92 Å². The number of hydrogen-bond acceptors (Lipinski definition) is 4. The lowest BCUT2D eigenvalue weighted by Gasteiger charge is -2.35. The van der Waals surface area contributed by atoms with E-state index in [0.717, 1.165) is 48.7 Å². The Hall–Kier alpha value is -3.02. The predicted molar refractivity (Wildman–Crippen MR) is 119 cm³/mol. The molecule has 0 N–H and O–H groups in total. The summed E-state index contributed by atoms with van der Waals surface area (Å²) in [5.74, 6) is 1.76. The molecule has 2 aliphatic heterocycles. The molecule has 4 rings (SSSR count). The van der Waals surface area contributed by atoms with Crippen LogP contribution in [-0.4, -0.2) is 44.0 Å². The van der Waals surface area contributed by atoms with Gasteiger partial charge in [-0.05, 0) is 60.7 Å². The van der Waals surface area contributed by atoms with Crippen LogP contribution in [0.2, 0.25) is 0 Å². The second kappa shape index (κ2) is 9.00. The van der Waals surface area contributed by atoms with E-state index in [-0.39, 0.29) is 24.3 Å². The molecule has 0 radical (unpaired) electrons. The smallest absolute Gasteiger partial charge is 0.228 e. The zero-order chi connectivity index (χ0) is 22.0. The third-order valence-electron chi connectivity index (χ3n) is 6.54. The van der Waals surface area contributed by atoms with E-state index in [1.165, 1.54) is 0 Å². The fourth-order valence-electron chi connectivity index (χ4n) is 4.65. The Morgan fingerprint density at radius 3 is 2.00 bits per heavy atom. The summed E-state index contributed by atoms with van der Waals surface area (Å²) in [5, 5.41) is 0. The van der Waals surface area contributed by atoms with E-state index in [9.17, 15) is 9.59 Å². The van der Waals surface area contributed by atoms with E-state index >= 15 is 0 Å². The van der Waals surface area contributed by atoms with Gasteiger partial charge < -0.3 is 19.3 Å². The van der Waals surface area contributed by atoms with Crippen LogP contribution < -0.4 is 14.4 Å². The van der Waals surface area contributed by atoms with E-state index in [4.69, 9.17) is 9.47 Å². The van der Waals surface area contributed by atoms with E-state index in [1.807, 2.05) is 53.4 Å². The van der Waals surface area contributed by atoms with Crippen LogP contribution in [0.25, 0.3) is 0 Å². The maximum absolute atomic E-state index is 13.5. The lowest BCUT2D eigenvalue weighted by atomic mass is 9.90. The summed E-state index contributed by atoms with van der Waals surface area (Å²) in [4.78, 5) is 30.4. The molecule has 2 fully saturated rings. The van der Waals surface area contributed by atoms with Crippen LogP contribution in [0.15, 0.2) is 48.5 Å². The molecule has 6 nitrogen and oxygen atoms in total. The quantitative estimate of drug-likeness (QED) is 0.729. The number of likely N-dealkylation sites (tertiary alicyclic amines) is 1. The van der Waals surface area contributed by atoms with Gasteiger partial charge in [-0.15, -0.1) is 0 Å². The van der Waals surface area contributed by atoms with Gasteiger partial charge in [-0.25, -0.2) is 0 Å². The van der Waals surface area contributed by atoms with Gasteiger partial charge in [-0.2, -0.15) is 0 Å². The summed E-state index contributed by atoms with van der Waals surface area (Å²) in [7, 11) is 3.24.